The molecule has 9 heteroatoms. The van der Waals surface area contributed by atoms with E-state index in [1.165, 1.54) is 14.2 Å². The molecule has 0 atom stereocenters. The van der Waals surface area contributed by atoms with Gasteiger partial charge in [-0.05, 0) is 0 Å². The summed E-state index contributed by atoms with van der Waals surface area (Å²) < 4.78 is 49.2. The van der Waals surface area contributed by atoms with Gasteiger partial charge in [0.25, 0.3) is 0 Å². The number of methoxy groups -OCH3 is 2. The molecule has 0 bridgehead atoms. The molecule has 0 spiro atoms. The minimum Gasteiger partial charge on any atom is -0.355 e. The highest BCUT2D eigenvalue weighted by Gasteiger charge is 2.39. The van der Waals surface area contributed by atoms with Crippen LogP contribution in [0.4, 0.5) is 13.2 Å². The molecule has 0 aliphatic carbocycles. The number of rotatable bonds is 4. The van der Waals surface area contributed by atoms with Crippen molar-refractivity contribution >= 4 is 0 Å². The summed E-state index contributed by atoms with van der Waals surface area (Å²) in [5.41, 5.74) is 0. The highest BCUT2D eigenvalue weighted by molar-refractivity contribution is 5.02. The van der Waals surface area contributed by atoms with Crippen molar-refractivity contribution in [3.05, 3.63) is 11.6 Å². The van der Waals surface area contributed by atoms with Gasteiger partial charge in [-0.25, -0.2) is 0 Å². The molecule has 2 heterocycles. The van der Waals surface area contributed by atoms with Crippen molar-refractivity contribution in [1.82, 2.24) is 19.7 Å². The van der Waals surface area contributed by atoms with Crippen LogP contribution < -0.4 is 0 Å². The summed E-state index contributed by atoms with van der Waals surface area (Å²) in [5.74, 6) is -0.623. The maximum atomic E-state index is 12.6. The second kappa shape index (κ2) is 5.43. The van der Waals surface area contributed by atoms with Gasteiger partial charge in [0.2, 0.25) is 5.82 Å². The van der Waals surface area contributed by atoms with Crippen LogP contribution in [0.5, 0.6) is 0 Å². The van der Waals surface area contributed by atoms with Gasteiger partial charge in [-0.1, -0.05) is 0 Å². The zero-order chi connectivity index (χ0) is 14.0. The van der Waals surface area contributed by atoms with E-state index < -0.39 is 18.3 Å². The number of alkyl halides is 3. The molecular weight excluding hydrogens is 265 g/mol. The van der Waals surface area contributed by atoms with Crippen molar-refractivity contribution in [2.24, 2.45) is 0 Å². The third kappa shape index (κ3) is 3.04. The summed E-state index contributed by atoms with van der Waals surface area (Å²) >= 11 is 0. The van der Waals surface area contributed by atoms with Crippen LogP contribution in [-0.4, -0.2) is 53.3 Å². The Morgan fingerprint density at radius 2 is 1.89 bits per heavy atom. The van der Waals surface area contributed by atoms with Gasteiger partial charge in [-0.3, -0.25) is 4.90 Å². The molecule has 6 nitrogen and oxygen atoms in total. The predicted molar refractivity (Wildman–Crippen MR) is 58.1 cm³/mol. The number of hydrogen-bond donors (Lipinski definition) is 0. The van der Waals surface area contributed by atoms with Crippen LogP contribution in [0.15, 0.2) is 0 Å². The topological polar surface area (TPSA) is 52.4 Å². The smallest absolute Gasteiger partial charge is 0.355 e. The number of nitrogens with zero attached hydrogens (tertiary/aromatic N) is 4. The lowest BCUT2D eigenvalue weighted by Gasteiger charge is -2.29. The van der Waals surface area contributed by atoms with Crippen molar-refractivity contribution in [3.63, 3.8) is 0 Å². The molecule has 0 amide bonds. The second-order valence-electron chi connectivity index (χ2n) is 4.23. The average Bonchev–Trinajstić information content (AvgIpc) is 2.78. The van der Waals surface area contributed by atoms with Gasteiger partial charge in [0, 0.05) is 27.3 Å². The van der Waals surface area contributed by atoms with E-state index in [0.29, 0.717) is 25.5 Å². The van der Waals surface area contributed by atoms with Crippen molar-refractivity contribution in [3.8, 4) is 0 Å². The van der Waals surface area contributed by atoms with Crippen LogP contribution in [0.1, 0.15) is 11.6 Å². The van der Waals surface area contributed by atoms with Crippen molar-refractivity contribution in [1.29, 1.82) is 0 Å². The Balaban J connectivity index is 2.07. The molecule has 19 heavy (non-hydrogen) atoms. The van der Waals surface area contributed by atoms with Crippen molar-refractivity contribution in [2.45, 2.75) is 25.6 Å². The second-order valence-corrected chi connectivity index (χ2v) is 4.23. The minimum atomic E-state index is -4.46. The summed E-state index contributed by atoms with van der Waals surface area (Å²) in [4.78, 5) is 1.92. The maximum absolute atomic E-state index is 12.6. The molecule has 2 rings (SSSR count). The third-order valence-corrected chi connectivity index (χ3v) is 3.02. The number of halogens is 3. The van der Waals surface area contributed by atoms with Crippen LogP contribution in [0.2, 0.25) is 0 Å². The molecule has 1 aliphatic heterocycles. The molecule has 1 aromatic rings. The van der Waals surface area contributed by atoms with E-state index >= 15 is 0 Å². The Hall–Kier alpha value is -1.19. The van der Waals surface area contributed by atoms with E-state index in [1.54, 1.807) is 0 Å². The summed E-state index contributed by atoms with van der Waals surface area (Å²) in [5, 5.41) is 6.82. The van der Waals surface area contributed by atoms with Crippen molar-refractivity contribution < 1.29 is 22.6 Å². The lowest BCUT2D eigenvalue weighted by Crippen LogP contribution is -2.40. The molecule has 1 aromatic heterocycles. The first-order chi connectivity index (χ1) is 8.95. The van der Waals surface area contributed by atoms with E-state index in [2.05, 4.69) is 10.2 Å². The summed E-state index contributed by atoms with van der Waals surface area (Å²) in [6.45, 7) is 1.45. The van der Waals surface area contributed by atoms with Crippen molar-refractivity contribution in [2.75, 3.05) is 27.3 Å². The molecule has 0 saturated heterocycles. The number of ether oxygens (including phenoxy) is 2. The van der Waals surface area contributed by atoms with Crippen LogP contribution in [0, 0.1) is 0 Å². The number of hydrogen-bond acceptors (Lipinski definition) is 5. The van der Waals surface area contributed by atoms with Gasteiger partial charge in [0.05, 0.1) is 13.1 Å². The first-order valence-electron chi connectivity index (χ1n) is 5.73. The summed E-state index contributed by atoms with van der Waals surface area (Å²) in [7, 11) is 3.03. The van der Waals surface area contributed by atoms with E-state index in [4.69, 9.17) is 9.47 Å². The highest BCUT2D eigenvalue weighted by atomic mass is 19.4. The fourth-order valence-corrected chi connectivity index (χ4v) is 2.03. The zero-order valence-electron chi connectivity index (χ0n) is 10.6. The molecule has 1 aliphatic rings. The Labute approximate surface area is 108 Å². The van der Waals surface area contributed by atoms with Crippen LogP contribution in [0.25, 0.3) is 0 Å². The van der Waals surface area contributed by atoms with Gasteiger partial charge in [-0.15, -0.1) is 10.2 Å². The number of aromatic nitrogens is 3. The van der Waals surface area contributed by atoms with E-state index in [1.807, 2.05) is 4.90 Å². The monoisotopic (exact) mass is 280 g/mol. The largest absolute Gasteiger partial charge is 0.451 e. The van der Waals surface area contributed by atoms with Gasteiger partial charge in [0.1, 0.15) is 5.82 Å². The zero-order valence-corrected chi connectivity index (χ0v) is 10.6. The molecule has 0 N–H and O–H groups in total. The molecular formula is C10H15F3N4O2. The van der Waals surface area contributed by atoms with Crippen LogP contribution in [-0.2, 0) is 28.7 Å². The first-order valence-corrected chi connectivity index (χ1v) is 5.73. The molecule has 0 aromatic carbocycles. The fourth-order valence-electron chi connectivity index (χ4n) is 2.03. The quantitative estimate of drug-likeness (QED) is 0.761. The molecule has 0 fully saturated rings. The SMILES string of the molecule is COC(CN1CCn2c(nnc2C(F)(F)F)C1)OC. The fraction of sp³-hybridized carbons (Fsp3) is 0.800. The number of fused-ring (bicyclic) bond motifs is 1. The average molecular weight is 280 g/mol. The standard InChI is InChI=1S/C10H15F3N4O2/c1-18-8(19-2)6-16-3-4-17-7(5-16)14-15-9(17)10(11,12)13/h8H,3-6H2,1-2H3. The molecule has 0 saturated carbocycles. The van der Waals surface area contributed by atoms with E-state index in [-0.39, 0.29) is 6.54 Å². The Morgan fingerprint density at radius 1 is 1.21 bits per heavy atom. The minimum absolute atomic E-state index is 0.206. The maximum Gasteiger partial charge on any atom is 0.451 e. The van der Waals surface area contributed by atoms with E-state index in [0.717, 1.165) is 4.57 Å². The Bertz CT molecular complexity index is 431. The van der Waals surface area contributed by atoms with Gasteiger partial charge >= 0.3 is 6.18 Å². The molecule has 0 unspecified atom stereocenters. The predicted octanol–water partition coefficient (Wildman–Crippen LogP) is 0.731. The van der Waals surface area contributed by atoms with E-state index in [9.17, 15) is 13.2 Å². The first kappa shape index (κ1) is 14.2. The molecule has 0 radical (unpaired) electrons. The summed E-state index contributed by atoms with van der Waals surface area (Å²) in [6, 6.07) is 0. The highest BCUT2D eigenvalue weighted by Crippen LogP contribution is 2.29. The third-order valence-electron chi connectivity index (χ3n) is 3.02. The lowest BCUT2D eigenvalue weighted by molar-refractivity contribution is -0.148. The van der Waals surface area contributed by atoms with Crippen LogP contribution in [0.3, 0.4) is 0 Å². The normalized spacial score (nSPS) is 16.9. The van der Waals surface area contributed by atoms with Gasteiger partial charge in [-0.2, -0.15) is 13.2 Å². The lowest BCUT2D eigenvalue weighted by atomic mass is 10.3. The van der Waals surface area contributed by atoms with Gasteiger partial charge in [0.15, 0.2) is 6.29 Å². The van der Waals surface area contributed by atoms with Crippen LogP contribution >= 0.6 is 0 Å². The Kier molecular flexibility index (Phi) is 4.07. The van der Waals surface area contributed by atoms with Gasteiger partial charge < -0.3 is 14.0 Å². The summed E-state index contributed by atoms with van der Waals surface area (Å²) in [6.07, 6.45) is -4.87. The molecule has 108 valence electrons. The Morgan fingerprint density at radius 3 is 2.47 bits per heavy atom.